The minimum absolute atomic E-state index is 0.0829. The molecule has 0 aliphatic carbocycles. The third kappa shape index (κ3) is 4.43. The van der Waals surface area contributed by atoms with E-state index >= 15 is 0 Å². The van der Waals surface area contributed by atoms with Crippen molar-refractivity contribution in [3.8, 4) is 0 Å². The third-order valence-corrected chi connectivity index (χ3v) is 7.01. The summed E-state index contributed by atoms with van der Waals surface area (Å²) in [5.41, 5.74) is 0.186. The first-order valence-corrected chi connectivity index (χ1v) is 10.4. The highest BCUT2D eigenvalue weighted by molar-refractivity contribution is 7.89. The van der Waals surface area contributed by atoms with Crippen LogP contribution in [-0.4, -0.2) is 42.7 Å². The van der Waals surface area contributed by atoms with E-state index in [2.05, 4.69) is 5.32 Å². The summed E-state index contributed by atoms with van der Waals surface area (Å²) in [7, 11) is -3.88. The number of piperidine rings is 1. The highest BCUT2D eigenvalue weighted by Crippen LogP contribution is 2.28. The topological polar surface area (TPSA) is 110 Å². The maximum Gasteiger partial charge on any atom is 0.273 e. The molecule has 1 N–H and O–H groups in total. The first kappa shape index (κ1) is 20.9. The lowest BCUT2D eigenvalue weighted by molar-refractivity contribution is -0.385. The predicted molar refractivity (Wildman–Crippen MR) is 103 cm³/mol. The van der Waals surface area contributed by atoms with Gasteiger partial charge in [0.05, 0.1) is 9.82 Å². The molecule has 10 heteroatoms. The van der Waals surface area contributed by atoms with Crippen molar-refractivity contribution in [1.29, 1.82) is 0 Å². The van der Waals surface area contributed by atoms with Crippen LogP contribution in [0, 0.1) is 22.9 Å². The molecule has 0 bridgehead atoms. The number of hydrogen-bond donors (Lipinski definition) is 1. The van der Waals surface area contributed by atoms with Crippen LogP contribution in [0.5, 0.6) is 0 Å². The van der Waals surface area contributed by atoms with Gasteiger partial charge in [0.15, 0.2) is 0 Å². The SMILES string of the molecule is Cc1c([N+](=O)[O-])cccc1S(=O)(=O)N1CCC(NC(=O)c2ccc(F)cc2)CC1. The molecule has 154 valence electrons. The molecular formula is C19H20FN3O5S. The molecule has 0 radical (unpaired) electrons. The number of nitrogens with zero attached hydrogens (tertiary/aromatic N) is 2. The minimum atomic E-state index is -3.88. The summed E-state index contributed by atoms with van der Waals surface area (Å²) in [5, 5.41) is 13.9. The molecule has 29 heavy (non-hydrogen) atoms. The normalized spacial score (nSPS) is 15.8. The van der Waals surface area contributed by atoms with Crippen LogP contribution in [-0.2, 0) is 10.0 Å². The van der Waals surface area contributed by atoms with Crippen molar-refractivity contribution in [1.82, 2.24) is 9.62 Å². The number of halogens is 1. The fourth-order valence-electron chi connectivity index (χ4n) is 3.33. The number of rotatable bonds is 5. The van der Waals surface area contributed by atoms with E-state index < -0.39 is 20.8 Å². The molecular weight excluding hydrogens is 401 g/mol. The van der Waals surface area contributed by atoms with Crippen molar-refractivity contribution in [3.05, 3.63) is 69.5 Å². The number of sulfonamides is 1. The Kier molecular flexibility index (Phi) is 5.94. The third-order valence-electron chi connectivity index (χ3n) is 4.97. The number of nitrogens with one attached hydrogen (secondary N) is 1. The highest BCUT2D eigenvalue weighted by Gasteiger charge is 2.32. The monoisotopic (exact) mass is 421 g/mol. The van der Waals surface area contributed by atoms with Gasteiger partial charge in [0.25, 0.3) is 11.6 Å². The second kappa shape index (κ2) is 8.26. The van der Waals surface area contributed by atoms with Crippen LogP contribution in [0.3, 0.4) is 0 Å². The van der Waals surface area contributed by atoms with Gasteiger partial charge in [-0.1, -0.05) is 6.07 Å². The number of amides is 1. The maximum absolute atomic E-state index is 13.0. The van der Waals surface area contributed by atoms with Gasteiger partial charge in [-0.25, -0.2) is 12.8 Å². The molecule has 0 atom stereocenters. The van der Waals surface area contributed by atoms with E-state index in [9.17, 15) is 27.7 Å². The molecule has 8 nitrogen and oxygen atoms in total. The van der Waals surface area contributed by atoms with Gasteiger partial charge in [0.2, 0.25) is 10.0 Å². The molecule has 0 unspecified atom stereocenters. The zero-order chi connectivity index (χ0) is 21.2. The quantitative estimate of drug-likeness (QED) is 0.590. The number of carbonyl (C=O) groups excluding carboxylic acids is 1. The van der Waals surface area contributed by atoms with Crippen LogP contribution in [0.4, 0.5) is 10.1 Å². The summed E-state index contributed by atoms with van der Waals surface area (Å²) in [6.07, 6.45) is 0.806. The molecule has 3 rings (SSSR count). The van der Waals surface area contributed by atoms with Gasteiger partial charge in [0.1, 0.15) is 5.82 Å². The Labute approximate surface area is 167 Å². The lowest BCUT2D eigenvalue weighted by atomic mass is 10.1. The summed E-state index contributed by atoms with van der Waals surface area (Å²) in [4.78, 5) is 22.6. The van der Waals surface area contributed by atoms with Gasteiger partial charge in [-0.15, -0.1) is 0 Å². The molecule has 1 aliphatic rings. The van der Waals surface area contributed by atoms with Gasteiger partial charge in [-0.3, -0.25) is 14.9 Å². The first-order valence-electron chi connectivity index (χ1n) is 9.00. The molecule has 1 saturated heterocycles. The van der Waals surface area contributed by atoms with E-state index in [-0.39, 0.29) is 41.2 Å². The second-order valence-corrected chi connectivity index (χ2v) is 8.72. The van der Waals surface area contributed by atoms with Crippen LogP contribution < -0.4 is 5.32 Å². The average molecular weight is 421 g/mol. The largest absolute Gasteiger partial charge is 0.349 e. The number of nitro groups is 1. The van der Waals surface area contributed by atoms with Gasteiger partial charge in [-0.05, 0) is 50.1 Å². The van der Waals surface area contributed by atoms with Crippen LogP contribution in [0.25, 0.3) is 0 Å². The molecule has 0 saturated carbocycles. The van der Waals surface area contributed by atoms with Crippen LogP contribution in [0.15, 0.2) is 47.4 Å². The molecule has 0 aromatic heterocycles. The van der Waals surface area contributed by atoms with Crippen molar-refractivity contribution in [3.63, 3.8) is 0 Å². The number of nitro benzene ring substituents is 1. The lowest BCUT2D eigenvalue weighted by Gasteiger charge is -2.32. The molecule has 1 fully saturated rings. The van der Waals surface area contributed by atoms with E-state index in [0.29, 0.717) is 18.4 Å². The van der Waals surface area contributed by atoms with Crippen molar-refractivity contribution >= 4 is 21.6 Å². The summed E-state index contributed by atoms with van der Waals surface area (Å²) < 4.78 is 40.1. The zero-order valence-electron chi connectivity index (χ0n) is 15.7. The number of carbonyl (C=O) groups is 1. The molecule has 1 aliphatic heterocycles. The molecule has 2 aromatic carbocycles. The Bertz CT molecular complexity index is 1030. The molecule has 1 amide bonds. The van der Waals surface area contributed by atoms with Gasteiger partial charge >= 0.3 is 0 Å². The van der Waals surface area contributed by atoms with Crippen molar-refractivity contribution in [2.75, 3.05) is 13.1 Å². The van der Waals surface area contributed by atoms with Gasteiger partial charge in [0, 0.05) is 36.3 Å². The van der Waals surface area contributed by atoms with E-state index in [1.165, 1.54) is 53.7 Å². The Balaban J connectivity index is 1.67. The van der Waals surface area contributed by atoms with Crippen molar-refractivity contribution in [2.24, 2.45) is 0 Å². The van der Waals surface area contributed by atoms with E-state index in [1.807, 2.05) is 0 Å². The zero-order valence-corrected chi connectivity index (χ0v) is 16.5. The average Bonchev–Trinajstić information content (AvgIpc) is 2.68. The Hall–Kier alpha value is -2.85. The Morgan fingerprint density at radius 3 is 2.38 bits per heavy atom. The molecule has 1 heterocycles. The molecule has 2 aromatic rings. The lowest BCUT2D eigenvalue weighted by Crippen LogP contribution is -2.46. The van der Waals surface area contributed by atoms with E-state index in [1.54, 1.807) is 0 Å². The van der Waals surface area contributed by atoms with Gasteiger partial charge < -0.3 is 5.32 Å². The summed E-state index contributed by atoms with van der Waals surface area (Å²) in [5.74, 6) is -0.780. The van der Waals surface area contributed by atoms with Crippen LogP contribution in [0.1, 0.15) is 28.8 Å². The standard InChI is InChI=1S/C19H20FN3O5S/c1-13-17(23(25)26)3-2-4-18(13)29(27,28)22-11-9-16(10-12-22)21-19(24)14-5-7-15(20)8-6-14/h2-8,16H,9-12H2,1H3,(H,21,24). The highest BCUT2D eigenvalue weighted by atomic mass is 32.2. The fraction of sp³-hybridized carbons (Fsp3) is 0.316. The van der Waals surface area contributed by atoms with Crippen molar-refractivity contribution < 1.29 is 22.5 Å². The fourth-order valence-corrected chi connectivity index (χ4v) is 5.04. The summed E-state index contributed by atoms with van der Waals surface area (Å²) in [6.45, 7) is 1.78. The van der Waals surface area contributed by atoms with E-state index in [4.69, 9.17) is 0 Å². The predicted octanol–water partition coefficient (Wildman–Crippen LogP) is 2.63. The summed E-state index contributed by atoms with van der Waals surface area (Å²) >= 11 is 0. The Morgan fingerprint density at radius 1 is 1.17 bits per heavy atom. The number of benzene rings is 2. The maximum atomic E-state index is 13.0. The number of hydrogen-bond acceptors (Lipinski definition) is 5. The van der Waals surface area contributed by atoms with Gasteiger partial charge in [-0.2, -0.15) is 4.31 Å². The van der Waals surface area contributed by atoms with E-state index in [0.717, 1.165) is 0 Å². The molecule has 0 spiro atoms. The van der Waals surface area contributed by atoms with Crippen LogP contribution >= 0.6 is 0 Å². The van der Waals surface area contributed by atoms with Crippen LogP contribution in [0.2, 0.25) is 0 Å². The summed E-state index contributed by atoms with van der Waals surface area (Å²) in [6, 6.07) is 8.94. The Morgan fingerprint density at radius 2 is 1.79 bits per heavy atom. The first-order chi connectivity index (χ1) is 13.7. The second-order valence-electron chi connectivity index (χ2n) is 6.82. The smallest absolute Gasteiger partial charge is 0.273 e. The minimum Gasteiger partial charge on any atom is -0.349 e. The van der Waals surface area contributed by atoms with Crippen molar-refractivity contribution in [2.45, 2.75) is 30.7 Å².